The van der Waals surface area contributed by atoms with Crippen molar-refractivity contribution < 1.29 is 4.74 Å². The van der Waals surface area contributed by atoms with Gasteiger partial charge in [0.2, 0.25) is 0 Å². The van der Waals surface area contributed by atoms with Gasteiger partial charge in [-0.15, -0.1) is 0 Å². The fraction of sp³-hybridized carbons (Fsp3) is 0.478. The Hall–Kier alpha value is -2.56. The van der Waals surface area contributed by atoms with Crippen molar-refractivity contribution in [3.63, 3.8) is 0 Å². The molecule has 1 aromatic carbocycles. The maximum Gasteiger partial charge on any atom is 0.150 e. The largest absolute Gasteiger partial charge is 0.494 e. The number of aromatic nitrogens is 3. The zero-order valence-electron chi connectivity index (χ0n) is 16.7. The fourth-order valence-corrected chi connectivity index (χ4v) is 4.18. The van der Waals surface area contributed by atoms with E-state index in [1.54, 1.807) is 6.20 Å². The molecule has 0 amide bonds. The van der Waals surface area contributed by atoms with Gasteiger partial charge < -0.3 is 10.5 Å². The maximum absolute atomic E-state index is 6.30. The van der Waals surface area contributed by atoms with Gasteiger partial charge in [0.15, 0.2) is 0 Å². The number of anilines is 1. The lowest BCUT2D eigenvalue weighted by Crippen LogP contribution is -2.04. The molecule has 5 heteroatoms. The van der Waals surface area contributed by atoms with Crippen molar-refractivity contribution in [3.8, 4) is 17.0 Å². The van der Waals surface area contributed by atoms with Gasteiger partial charge in [0.25, 0.3) is 0 Å². The molecule has 1 fully saturated rings. The minimum Gasteiger partial charge on any atom is -0.494 e. The van der Waals surface area contributed by atoms with E-state index in [0.29, 0.717) is 11.7 Å². The van der Waals surface area contributed by atoms with Crippen LogP contribution in [0, 0.1) is 0 Å². The summed E-state index contributed by atoms with van der Waals surface area (Å²) in [5.74, 6) is 3.01. The third-order valence-corrected chi connectivity index (χ3v) is 5.70. The standard InChI is InChI=1S/C23H30N4O/c1-2-3-15-28-19-12-8-11-18(16-19)20-21-22(24)25-13-14-27(21)23(26-20)17-9-6-4-5-7-10-17/h8,11-14,16-17H,2-7,9-10,15H2,1H3,(H2,24,25). The van der Waals surface area contributed by atoms with Crippen molar-refractivity contribution in [1.29, 1.82) is 0 Å². The molecule has 0 spiro atoms. The molecule has 0 aliphatic heterocycles. The van der Waals surface area contributed by atoms with E-state index in [4.69, 9.17) is 15.5 Å². The zero-order valence-corrected chi connectivity index (χ0v) is 16.7. The Kier molecular flexibility index (Phi) is 5.79. The Balaban J connectivity index is 1.76. The lowest BCUT2D eigenvalue weighted by Gasteiger charge is -2.12. The van der Waals surface area contributed by atoms with Crippen LogP contribution in [0.2, 0.25) is 0 Å². The van der Waals surface area contributed by atoms with E-state index >= 15 is 0 Å². The Bertz CT molecular complexity index is 925. The summed E-state index contributed by atoms with van der Waals surface area (Å²) >= 11 is 0. The van der Waals surface area contributed by atoms with Crippen LogP contribution < -0.4 is 10.5 Å². The number of ether oxygens (including phenoxy) is 1. The molecule has 5 nitrogen and oxygen atoms in total. The molecule has 1 aliphatic carbocycles. The van der Waals surface area contributed by atoms with Gasteiger partial charge in [-0.3, -0.25) is 4.40 Å². The highest BCUT2D eigenvalue weighted by Crippen LogP contribution is 2.36. The highest BCUT2D eigenvalue weighted by Gasteiger charge is 2.23. The molecule has 1 aliphatic rings. The summed E-state index contributed by atoms with van der Waals surface area (Å²) in [6.07, 6.45) is 13.6. The van der Waals surface area contributed by atoms with Gasteiger partial charge in [-0.2, -0.15) is 0 Å². The van der Waals surface area contributed by atoms with Crippen molar-refractivity contribution in [2.24, 2.45) is 0 Å². The topological polar surface area (TPSA) is 65.4 Å². The first-order valence-corrected chi connectivity index (χ1v) is 10.6. The van der Waals surface area contributed by atoms with E-state index in [-0.39, 0.29) is 0 Å². The van der Waals surface area contributed by atoms with Gasteiger partial charge in [0.05, 0.1) is 6.61 Å². The lowest BCUT2D eigenvalue weighted by atomic mass is 10.00. The van der Waals surface area contributed by atoms with Gasteiger partial charge in [-0.05, 0) is 31.4 Å². The number of nitrogens with zero attached hydrogens (tertiary/aromatic N) is 3. The molecule has 2 heterocycles. The molecule has 0 radical (unpaired) electrons. The molecule has 0 bridgehead atoms. The van der Waals surface area contributed by atoms with Crippen LogP contribution in [0.3, 0.4) is 0 Å². The highest BCUT2D eigenvalue weighted by molar-refractivity contribution is 5.85. The van der Waals surface area contributed by atoms with Gasteiger partial charge in [0, 0.05) is 23.9 Å². The van der Waals surface area contributed by atoms with Crippen LogP contribution in [-0.2, 0) is 0 Å². The molecule has 0 atom stereocenters. The highest BCUT2D eigenvalue weighted by atomic mass is 16.5. The van der Waals surface area contributed by atoms with E-state index in [1.807, 2.05) is 18.3 Å². The first-order valence-electron chi connectivity index (χ1n) is 10.6. The third kappa shape index (κ3) is 3.84. The summed E-state index contributed by atoms with van der Waals surface area (Å²) in [6, 6.07) is 8.19. The lowest BCUT2D eigenvalue weighted by molar-refractivity contribution is 0.309. The minimum atomic E-state index is 0.481. The van der Waals surface area contributed by atoms with Crippen molar-refractivity contribution in [1.82, 2.24) is 14.4 Å². The molecule has 3 aromatic rings. The molecular weight excluding hydrogens is 348 g/mol. The van der Waals surface area contributed by atoms with E-state index in [1.165, 1.54) is 38.5 Å². The number of imidazole rings is 1. The normalized spacial score (nSPS) is 15.6. The molecule has 4 rings (SSSR count). The predicted molar refractivity (Wildman–Crippen MR) is 114 cm³/mol. The molecule has 0 saturated heterocycles. The number of hydrogen-bond acceptors (Lipinski definition) is 4. The van der Waals surface area contributed by atoms with E-state index in [0.717, 1.165) is 47.8 Å². The van der Waals surface area contributed by atoms with Crippen molar-refractivity contribution in [2.45, 2.75) is 64.2 Å². The Labute approximate surface area is 167 Å². The van der Waals surface area contributed by atoms with Gasteiger partial charge in [0.1, 0.15) is 28.6 Å². The number of fused-ring (bicyclic) bond motifs is 1. The van der Waals surface area contributed by atoms with Crippen LogP contribution in [0.25, 0.3) is 16.8 Å². The number of benzene rings is 1. The first-order chi connectivity index (χ1) is 13.8. The Morgan fingerprint density at radius 2 is 2.00 bits per heavy atom. The van der Waals surface area contributed by atoms with E-state index < -0.39 is 0 Å². The maximum atomic E-state index is 6.30. The third-order valence-electron chi connectivity index (χ3n) is 5.70. The second-order valence-electron chi connectivity index (χ2n) is 7.77. The number of hydrogen-bond donors (Lipinski definition) is 1. The van der Waals surface area contributed by atoms with Crippen LogP contribution >= 0.6 is 0 Å². The summed E-state index contributed by atoms with van der Waals surface area (Å²) < 4.78 is 8.07. The smallest absolute Gasteiger partial charge is 0.150 e. The quantitative estimate of drug-likeness (QED) is 0.448. The van der Waals surface area contributed by atoms with Crippen LogP contribution in [0.4, 0.5) is 5.82 Å². The van der Waals surface area contributed by atoms with Crippen molar-refractivity contribution in [2.75, 3.05) is 12.3 Å². The summed E-state index contributed by atoms with van der Waals surface area (Å²) in [7, 11) is 0. The predicted octanol–water partition coefficient (Wildman–Crippen LogP) is 5.60. The van der Waals surface area contributed by atoms with Gasteiger partial charge >= 0.3 is 0 Å². The molecule has 2 aromatic heterocycles. The number of nitrogens with two attached hydrogens (primary N) is 1. The fourth-order valence-electron chi connectivity index (χ4n) is 4.18. The Morgan fingerprint density at radius 3 is 2.79 bits per heavy atom. The van der Waals surface area contributed by atoms with Crippen LogP contribution in [0.1, 0.15) is 70.0 Å². The first kappa shape index (κ1) is 18.8. The molecule has 28 heavy (non-hydrogen) atoms. The molecule has 2 N–H and O–H groups in total. The summed E-state index contributed by atoms with van der Waals surface area (Å²) in [4.78, 5) is 9.45. The number of unbranched alkanes of at least 4 members (excludes halogenated alkanes) is 1. The molecule has 1 saturated carbocycles. The second kappa shape index (κ2) is 8.63. The minimum absolute atomic E-state index is 0.481. The average molecular weight is 379 g/mol. The number of nitrogen functional groups attached to an aromatic ring is 1. The van der Waals surface area contributed by atoms with Crippen LogP contribution in [0.15, 0.2) is 36.7 Å². The van der Waals surface area contributed by atoms with E-state index in [2.05, 4.69) is 28.4 Å². The van der Waals surface area contributed by atoms with Crippen molar-refractivity contribution in [3.05, 3.63) is 42.5 Å². The van der Waals surface area contributed by atoms with Gasteiger partial charge in [-0.1, -0.05) is 51.2 Å². The number of rotatable bonds is 6. The SMILES string of the molecule is CCCCOc1cccc(-c2nc(C3CCCCCC3)n3ccnc(N)c23)c1. The Morgan fingerprint density at radius 1 is 1.18 bits per heavy atom. The van der Waals surface area contributed by atoms with Crippen molar-refractivity contribution >= 4 is 11.3 Å². The van der Waals surface area contributed by atoms with Gasteiger partial charge in [-0.25, -0.2) is 9.97 Å². The monoisotopic (exact) mass is 378 g/mol. The molecule has 0 unspecified atom stereocenters. The zero-order chi connectivity index (χ0) is 19.3. The summed E-state index contributed by atoms with van der Waals surface area (Å²) in [5, 5.41) is 0. The second-order valence-corrected chi connectivity index (χ2v) is 7.77. The molecular formula is C23H30N4O. The summed E-state index contributed by atoms with van der Waals surface area (Å²) in [5.41, 5.74) is 9.15. The van der Waals surface area contributed by atoms with Crippen LogP contribution in [-0.4, -0.2) is 21.0 Å². The van der Waals surface area contributed by atoms with E-state index in [9.17, 15) is 0 Å². The average Bonchev–Trinajstić information content (AvgIpc) is 2.90. The van der Waals surface area contributed by atoms with Crippen LogP contribution in [0.5, 0.6) is 5.75 Å². The molecule has 148 valence electrons. The summed E-state index contributed by atoms with van der Waals surface area (Å²) in [6.45, 7) is 2.91.